The van der Waals surface area contributed by atoms with Gasteiger partial charge in [0.05, 0.1) is 16.2 Å². The number of hydrogen-bond acceptors (Lipinski definition) is 5. The highest BCUT2D eigenvalue weighted by Crippen LogP contribution is 2.38. The summed E-state index contributed by atoms with van der Waals surface area (Å²) < 4.78 is 55.6. The number of amides is 2. The van der Waals surface area contributed by atoms with E-state index in [0.29, 0.717) is 16.8 Å². The zero-order chi connectivity index (χ0) is 25.8. The van der Waals surface area contributed by atoms with Gasteiger partial charge in [0, 0.05) is 42.7 Å². The summed E-state index contributed by atoms with van der Waals surface area (Å²) in [4.78, 5) is 31.8. The van der Waals surface area contributed by atoms with Gasteiger partial charge in [-0.2, -0.15) is 18.3 Å². The average Bonchev–Trinajstić information content (AvgIpc) is 3.41. The molecule has 2 aliphatic heterocycles. The standard InChI is InChI=1S/C23H21ClF4N6O2/c24-20-14(25)3-4-15-19(20)21(13-9-32(10-13)22(36)12-5-6-30-17(29)8-12)31-34(15)11-18(35)33-7-1-2-16(33)23(26,27)28/h3-6,8,13,16H,1-2,7,9-11H2,(H2,29,30)/t16-/m0/s1. The Kier molecular flexibility index (Phi) is 6.01. The second kappa shape index (κ2) is 8.91. The number of fused-ring (bicyclic) bond motifs is 1. The van der Waals surface area contributed by atoms with Gasteiger partial charge in [-0.15, -0.1) is 0 Å². The fraction of sp³-hybridized carbons (Fsp3) is 0.391. The Balaban J connectivity index is 1.40. The largest absolute Gasteiger partial charge is 0.408 e. The number of nitrogens with zero attached hydrogens (tertiary/aromatic N) is 5. The van der Waals surface area contributed by atoms with E-state index in [9.17, 15) is 27.2 Å². The van der Waals surface area contributed by atoms with Crippen molar-refractivity contribution >= 4 is 40.1 Å². The molecule has 13 heteroatoms. The Morgan fingerprint density at radius 3 is 2.64 bits per heavy atom. The van der Waals surface area contributed by atoms with E-state index < -0.39 is 30.5 Å². The number of alkyl halides is 3. The maximum Gasteiger partial charge on any atom is 0.408 e. The molecule has 2 saturated heterocycles. The summed E-state index contributed by atoms with van der Waals surface area (Å²) in [6.45, 7) is 0.0762. The normalized spacial score (nSPS) is 18.6. The highest BCUT2D eigenvalue weighted by atomic mass is 35.5. The molecule has 1 atom stereocenters. The van der Waals surface area contributed by atoms with Crippen LogP contribution in [0.25, 0.3) is 10.9 Å². The number of aromatic nitrogens is 3. The van der Waals surface area contributed by atoms with Crippen LogP contribution in [0.5, 0.6) is 0 Å². The van der Waals surface area contributed by atoms with Crippen molar-refractivity contribution in [2.75, 3.05) is 25.4 Å². The number of carbonyl (C=O) groups is 2. The zero-order valence-electron chi connectivity index (χ0n) is 18.8. The molecule has 3 aromatic rings. The fourth-order valence-corrected chi connectivity index (χ4v) is 5.10. The van der Waals surface area contributed by atoms with Crippen molar-refractivity contribution in [2.24, 2.45) is 0 Å². The summed E-state index contributed by atoms with van der Waals surface area (Å²) >= 11 is 6.25. The van der Waals surface area contributed by atoms with Gasteiger partial charge in [0.1, 0.15) is 24.2 Å². The highest BCUT2D eigenvalue weighted by molar-refractivity contribution is 6.35. The summed E-state index contributed by atoms with van der Waals surface area (Å²) in [5.41, 5.74) is 6.74. The number of hydrogen-bond donors (Lipinski definition) is 1. The van der Waals surface area contributed by atoms with Gasteiger partial charge < -0.3 is 15.5 Å². The van der Waals surface area contributed by atoms with Gasteiger partial charge >= 0.3 is 6.18 Å². The number of rotatable bonds is 4. The zero-order valence-corrected chi connectivity index (χ0v) is 19.6. The lowest BCUT2D eigenvalue weighted by molar-refractivity contribution is -0.183. The van der Waals surface area contributed by atoms with Crippen LogP contribution in [0.3, 0.4) is 0 Å². The molecule has 2 amide bonds. The summed E-state index contributed by atoms with van der Waals surface area (Å²) in [5, 5.41) is 4.55. The molecule has 0 saturated carbocycles. The lowest BCUT2D eigenvalue weighted by Crippen LogP contribution is -2.48. The highest BCUT2D eigenvalue weighted by Gasteiger charge is 2.47. The average molecular weight is 525 g/mol. The third-order valence-corrected chi connectivity index (χ3v) is 7.02. The number of benzene rings is 1. The number of halogens is 5. The molecule has 2 aromatic heterocycles. The topological polar surface area (TPSA) is 97.3 Å². The molecule has 2 fully saturated rings. The van der Waals surface area contributed by atoms with Gasteiger partial charge in [-0.05, 0) is 37.1 Å². The lowest BCUT2D eigenvalue weighted by atomic mass is 9.93. The summed E-state index contributed by atoms with van der Waals surface area (Å²) in [7, 11) is 0. The number of nitrogen functional groups attached to an aromatic ring is 1. The number of likely N-dealkylation sites (tertiary alicyclic amines) is 2. The molecule has 190 valence electrons. The van der Waals surface area contributed by atoms with Gasteiger partial charge in [0.2, 0.25) is 5.91 Å². The van der Waals surface area contributed by atoms with Gasteiger partial charge in [0.25, 0.3) is 5.91 Å². The van der Waals surface area contributed by atoms with Crippen LogP contribution in [0, 0.1) is 5.82 Å². The molecule has 36 heavy (non-hydrogen) atoms. The van der Waals surface area contributed by atoms with Crippen LogP contribution >= 0.6 is 11.6 Å². The Bertz CT molecular complexity index is 1350. The smallest absolute Gasteiger partial charge is 0.384 e. The predicted molar refractivity (Wildman–Crippen MR) is 123 cm³/mol. The van der Waals surface area contributed by atoms with Crippen molar-refractivity contribution in [1.82, 2.24) is 24.6 Å². The third-order valence-electron chi connectivity index (χ3n) is 6.66. The van der Waals surface area contributed by atoms with E-state index in [1.54, 1.807) is 11.0 Å². The molecule has 0 radical (unpaired) electrons. The van der Waals surface area contributed by atoms with Crippen LogP contribution in [-0.4, -0.2) is 68.2 Å². The quantitative estimate of drug-likeness (QED) is 0.526. The van der Waals surface area contributed by atoms with E-state index in [1.807, 2.05) is 0 Å². The van der Waals surface area contributed by atoms with Gasteiger partial charge in [-0.3, -0.25) is 14.3 Å². The summed E-state index contributed by atoms with van der Waals surface area (Å²) in [5.74, 6) is -1.77. The minimum atomic E-state index is -4.52. The predicted octanol–water partition coefficient (Wildman–Crippen LogP) is 3.60. The van der Waals surface area contributed by atoms with Crippen molar-refractivity contribution in [3.63, 3.8) is 0 Å². The monoisotopic (exact) mass is 524 g/mol. The first-order chi connectivity index (χ1) is 17.0. The van der Waals surface area contributed by atoms with Gasteiger partial charge in [-0.1, -0.05) is 11.6 Å². The van der Waals surface area contributed by atoms with Gasteiger partial charge in [-0.25, -0.2) is 9.37 Å². The number of pyridine rings is 1. The lowest BCUT2D eigenvalue weighted by Gasteiger charge is -2.38. The molecule has 0 aliphatic carbocycles. The van der Waals surface area contributed by atoms with E-state index in [2.05, 4.69) is 10.1 Å². The first kappa shape index (κ1) is 24.3. The van der Waals surface area contributed by atoms with Crippen molar-refractivity contribution in [2.45, 2.75) is 37.5 Å². The molecule has 5 rings (SSSR count). The number of nitrogens with two attached hydrogens (primary N) is 1. The van der Waals surface area contributed by atoms with Crippen LogP contribution in [-0.2, 0) is 11.3 Å². The SMILES string of the molecule is Nc1cc(C(=O)N2CC(c3nn(CC(=O)N4CCC[C@H]4C(F)(F)F)c4ccc(F)c(Cl)c34)C2)ccn1. The van der Waals surface area contributed by atoms with Crippen LogP contribution < -0.4 is 5.73 Å². The molecule has 1 aromatic carbocycles. The van der Waals surface area contributed by atoms with E-state index in [1.165, 1.54) is 23.0 Å². The molecule has 4 heterocycles. The maximum absolute atomic E-state index is 14.3. The third kappa shape index (κ3) is 4.23. The maximum atomic E-state index is 14.3. The Hall–Kier alpha value is -3.41. The van der Waals surface area contributed by atoms with E-state index >= 15 is 0 Å². The molecule has 2 aliphatic rings. The van der Waals surface area contributed by atoms with Crippen molar-refractivity contribution in [3.05, 3.63) is 52.6 Å². The molecular weight excluding hydrogens is 504 g/mol. The van der Waals surface area contributed by atoms with Crippen molar-refractivity contribution in [3.8, 4) is 0 Å². The van der Waals surface area contributed by atoms with E-state index in [4.69, 9.17) is 17.3 Å². The van der Waals surface area contributed by atoms with Crippen LogP contribution in [0.4, 0.5) is 23.4 Å². The number of anilines is 1. The Labute approximate surface area is 207 Å². The minimum absolute atomic E-state index is 0.00364. The minimum Gasteiger partial charge on any atom is -0.384 e. The van der Waals surface area contributed by atoms with Crippen molar-refractivity contribution in [1.29, 1.82) is 0 Å². The van der Waals surface area contributed by atoms with E-state index in [-0.39, 0.29) is 60.5 Å². The molecule has 2 N–H and O–H groups in total. The summed E-state index contributed by atoms with van der Waals surface area (Å²) in [6, 6.07) is 3.69. The first-order valence-electron chi connectivity index (χ1n) is 11.3. The molecule has 8 nitrogen and oxygen atoms in total. The Morgan fingerprint density at radius 2 is 1.94 bits per heavy atom. The summed E-state index contributed by atoms with van der Waals surface area (Å²) in [6.07, 6.45) is -2.98. The number of carbonyl (C=O) groups excluding carboxylic acids is 2. The van der Waals surface area contributed by atoms with Crippen molar-refractivity contribution < 1.29 is 27.2 Å². The molecule has 0 unspecified atom stereocenters. The van der Waals surface area contributed by atoms with Crippen LogP contribution in [0.15, 0.2) is 30.5 Å². The fourth-order valence-electron chi connectivity index (χ4n) is 4.85. The second-order valence-electron chi connectivity index (χ2n) is 8.96. The second-order valence-corrected chi connectivity index (χ2v) is 9.34. The molecular formula is C23H21ClF4N6O2. The van der Waals surface area contributed by atoms with Crippen LogP contribution in [0.2, 0.25) is 5.02 Å². The van der Waals surface area contributed by atoms with Gasteiger partial charge in [0.15, 0.2) is 0 Å². The molecule has 0 bridgehead atoms. The first-order valence-corrected chi connectivity index (χ1v) is 11.6. The van der Waals surface area contributed by atoms with Crippen LogP contribution in [0.1, 0.15) is 34.8 Å². The van der Waals surface area contributed by atoms with E-state index in [0.717, 1.165) is 11.0 Å². The molecule has 0 spiro atoms. The Morgan fingerprint density at radius 1 is 1.19 bits per heavy atom.